The van der Waals surface area contributed by atoms with Gasteiger partial charge in [-0.3, -0.25) is 4.98 Å². The minimum Gasteiger partial charge on any atom is -0.317 e. The predicted molar refractivity (Wildman–Crippen MR) is 178 cm³/mol. The van der Waals surface area contributed by atoms with Gasteiger partial charge in [-0.05, 0) is 60.2 Å². The lowest BCUT2D eigenvalue weighted by atomic mass is 10.0. The van der Waals surface area contributed by atoms with Gasteiger partial charge in [0.25, 0.3) is 0 Å². The van der Waals surface area contributed by atoms with Crippen LogP contribution in [0.3, 0.4) is 0 Å². The lowest BCUT2D eigenvalue weighted by molar-refractivity contribution is 1.13. The first-order valence-corrected chi connectivity index (χ1v) is 14.2. The molecule has 0 radical (unpaired) electrons. The van der Waals surface area contributed by atoms with Crippen LogP contribution in [0.5, 0.6) is 0 Å². The molecule has 3 aromatic heterocycles. The second-order valence-corrected chi connectivity index (χ2v) is 9.75. The van der Waals surface area contributed by atoms with Crippen LogP contribution < -0.4 is 0 Å². The Morgan fingerprint density at radius 1 is 0.585 bits per heavy atom. The molecule has 0 aliphatic heterocycles. The maximum Gasteiger partial charge on any atom is 0.0723 e. The third-order valence-corrected chi connectivity index (χ3v) is 7.40. The van der Waals surface area contributed by atoms with E-state index >= 15 is 0 Å². The third kappa shape index (κ3) is 4.36. The Labute approximate surface area is 240 Å². The van der Waals surface area contributed by atoms with Crippen molar-refractivity contribution in [3.8, 4) is 11.4 Å². The molecule has 0 saturated carbocycles. The van der Waals surface area contributed by atoms with E-state index in [9.17, 15) is 0 Å². The first-order valence-electron chi connectivity index (χ1n) is 14.2. The Hall–Kier alpha value is -5.15. The zero-order valence-electron chi connectivity index (χ0n) is 23.8. The summed E-state index contributed by atoms with van der Waals surface area (Å²) in [5.74, 6) is 0. The average molecular weight is 532 g/mol. The molecule has 0 saturated heterocycles. The van der Waals surface area contributed by atoms with E-state index in [1.165, 1.54) is 54.6 Å². The van der Waals surface area contributed by atoms with E-state index in [1.54, 1.807) is 6.08 Å². The van der Waals surface area contributed by atoms with Crippen molar-refractivity contribution in [1.29, 1.82) is 0 Å². The number of rotatable bonds is 2. The first-order chi connectivity index (χ1) is 20.3. The van der Waals surface area contributed by atoms with Crippen molar-refractivity contribution in [3.63, 3.8) is 0 Å². The number of hydrogen-bond donors (Lipinski definition) is 0. The topological polar surface area (TPSA) is 22.8 Å². The van der Waals surface area contributed by atoms with E-state index in [0.717, 1.165) is 11.1 Å². The summed E-state index contributed by atoms with van der Waals surface area (Å²) in [5.41, 5.74) is 5.89. The summed E-state index contributed by atoms with van der Waals surface area (Å²) in [7, 11) is 0. The SMILES string of the molecule is C=CC.CC.c1ccc(-n2ccc3c4cc5c6ccccc6n(-c6cncc7ccccc67)c5cc4ccc32)cc1. The number of allylic oxidation sites excluding steroid dienone is 1. The lowest BCUT2D eigenvalue weighted by Crippen LogP contribution is -1.96. The Kier molecular flexibility index (Phi) is 7.09. The molecule has 0 aliphatic rings. The molecule has 0 aliphatic carbocycles. The summed E-state index contributed by atoms with van der Waals surface area (Å²) in [6.07, 6.45) is 7.85. The number of hydrogen-bond acceptors (Lipinski definition) is 1. The van der Waals surface area contributed by atoms with Crippen molar-refractivity contribution in [2.45, 2.75) is 20.8 Å². The van der Waals surface area contributed by atoms with Crippen LogP contribution in [0.2, 0.25) is 0 Å². The first kappa shape index (κ1) is 26.1. The molecular formula is C38H33N3. The van der Waals surface area contributed by atoms with Gasteiger partial charge in [0.1, 0.15) is 0 Å². The van der Waals surface area contributed by atoms with Crippen LogP contribution in [0.1, 0.15) is 20.8 Å². The van der Waals surface area contributed by atoms with E-state index in [4.69, 9.17) is 0 Å². The zero-order chi connectivity index (χ0) is 28.3. The van der Waals surface area contributed by atoms with Crippen LogP contribution >= 0.6 is 0 Å². The molecule has 8 aromatic rings. The summed E-state index contributed by atoms with van der Waals surface area (Å²) in [6.45, 7) is 9.25. The van der Waals surface area contributed by atoms with Crippen molar-refractivity contribution in [2.24, 2.45) is 0 Å². The second-order valence-electron chi connectivity index (χ2n) is 9.75. The van der Waals surface area contributed by atoms with Crippen molar-refractivity contribution < 1.29 is 0 Å². The van der Waals surface area contributed by atoms with E-state index in [1.807, 2.05) is 33.2 Å². The van der Waals surface area contributed by atoms with E-state index < -0.39 is 0 Å². The maximum absolute atomic E-state index is 4.59. The summed E-state index contributed by atoms with van der Waals surface area (Å²) < 4.78 is 4.64. The highest BCUT2D eigenvalue weighted by molar-refractivity contribution is 6.18. The van der Waals surface area contributed by atoms with Crippen LogP contribution in [0.4, 0.5) is 0 Å². The van der Waals surface area contributed by atoms with Crippen molar-refractivity contribution >= 4 is 54.3 Å². The minimum atomic E-state index is 1.11. The van der Waals surface area contributed by atoms with Crippen molar-refractivity contribution in [2.75, 3.05) is 0 Å². The van der Waals surface area contributed by atoms with Gasteiger partial charge in [0.15, 0.2) is 0 Å². The Balaban J connectivity index is 0.000000570. The highest BCUT2D eigenvalue weighted by atomic mass is 15.0. The Morgan fingerprint density at radius 2 is 1.27 bits per heavy atom. The van der Waals surface area contributed by atoms with Crippen LogP contribution in [-0.2, 0) is 0 Å². The smallest absolute Gasteiger partial charge is 0.0723 e. The molecule has 200 valence electrons. The third-order valence-electron chi connectivity index (χ3n) is 7.40. The summed E-state index contributed by atoms with van der Waals surface area (Å²) >= 11 is 0. The molecule has 3 heteroatoms. The molecule has 8 rings (SSSR count). The van der Waals surface area contributed by atoms with Crippen LogP contribution in [0.15, 0.2) is 140 Å². The molecule has 0 bridgehead atoms. The Bertz CT molecular complexity index is 2140. The molecule has 0 unspecified atom stereocenters. The molecule has 0 fully saturated rings. The van der Waals surface area contributed by atoms with Gasteiger partial charge >= 0.3 is 0 Å². The number of benzene rings is 5. The average Bonchev–Trinajstić information content (AvgIpc) is 3.61. The maximum atomic E-state index is 4.59. The van der Waals surface area contributed by atoms with Crippen molar-refractivity contribution in [1.82, 2.24) is 14.1 Å². The standard InChI is InChI=1S/C33H21N3.C3H6.C2H6/c1-2-9-24(10-3-1)35-17-16-27-28-19-29-26-12-6-7-13-31(26)36(32(29)18-22(28)14-15-30(27)35)33-21-34-20-23-8-4-5-11-25(23)33;1-3-2;1-2/h1-21H;3H,1H2,2H3;1-2H3. The number of nitrogens with zero attached hydrogens (tertiary/aromatic N) is 3. The molecule has 0 amide bonds. The zero-order valence-corrected chi connectivity index (χ0v) is 23.8. The molecule has 0 spiro atoms. The molecule has 0 atom stereocenters. The van der Waals surface area contributed by atoms with Crippen molar-refractivity contribution in [3.05, 3.63) is 140 Å². The van der Waals surface area contributed by atoms with Crippen LogP contribution in [-0.4, -0.2) is 14.1 Å². The fourth-order valence-corrected chi connectivity index (χ4v) is 5.77. The predicted octanol–water partition coefficient (Wildman–Crippen LogP) is 10.6. The normalized spacial score (nSPS) is 10.9. The van der Waals surface area contributed by atoms with Crippen LogP contribution in [0, 0.1) is 0 Å². The van der Waals surface area contributed by atoms with E-state index in [2.05, 4.69) is 136 Å². The van der Waals surface area contributed by atoms with Gasteiger partial charge in [-0.15, -0.1) is 6.58 Å². The Morgan fingerprint density at radius 3 is 2.07 bits per heavy atom. The van der Waals surface area contributed by atoms with Gasteiger partial charge in [-0.25, -0.2) is 0 Å². The summed E-state index contributed by atoms with van der Waals surface area (Å²) in [6, 6.07) is 39.1. The number of aromatic nitrogens is 3. The van der Waals surface area contributed by atoms with Gasteiger partial charge in [-0.1, -0.05) is 86.7 Å². The fourth-order valence-electron chi connectivity index (χ4n) is 5.77. The highest BCUT2D eigenvalue weighted by Gasteiger charge is 2.16. The van der Waals surface area contributed by atoms with Crippen LogP contribution in [0.25, 0.3) is 65.6 Å². The highest BCUT2D eigenvalue weighted by Crippen LogP contribution is 2.38. The largest absolute Gasteiger partial charge is 0.317 e. The van der Waals surface area contributed by atoms with E-state index in [-0.39, 0.29) is 0 Å². The van der Waals surface area contributed by atoms with Gasteiger partial charge in [0.2, 0.25) is 0 Å². The number of fused-ring (bicyclic) bond motifs is 7. The second kappa shape index (κ2) is 11.1. The van der Waals surface area contributed by atoms with Gasteiger partial charge < -0.3 is 9.13 Å². The minimum absolute atomic E-state index is 1.11. The number of para-hydroxylation sites is 2. The monoisotopic (exact) mass is 531 g/mol. The van der Waals surface area contributed by atoms with Gasteiger partial charge in [0.05, 0.1) is 28.4 Å². The van der Waals surface area contributed by atoms with E-state index in [0.29, 0.717) is 0 Å². The van der Waals surface area contributed by atoms with Gasteiger partial charge in [-0.2, -0.15) is 0 Å². The quantitative estimate of drug-likeness (QED) is 0.203. The lowest BCUT2D eigenvalue weighted by Gasteiger charge is -2.11. The molecule has 3 heterocycles. The fraction of sp³-hybridized carbons (Fsp3) is 0.0789. The molecule has 5 aromatic carbocycles. The number of pyridine rings is 1. The summed E-state index contributed by atoms with van der Waals surface area (Å²) in [4.78, 5) is 4.59. The molecule has 41 heavy (non-hydrogen) atoms. The molecule has 3 nitrogen and oxygen atoms in total. The summed E-state index contributed by atoms with van der Waals surface area (Å²) in [5, 5.41) is 8.62. The molecular weight excluding hydrogens is 498 g/mol. The molecule has 0 N–H and O–H groups in total. The van der Waals surface area contributed by atoms with Gasteiger partial charge in [0, 0.05) is 45.0 Å².